The molecule has 0 saturated heterocycles. The Morgan fingerprint density at radius 3 is 2.71 bits per heavy atom. The molecular formula is C16H21N3O2. The standard InChI is InChI=1S/C16H21N3O2/c1-3-21-15(20)16(2,17)9-10-19-12-14(11-18-19)13-7-5-4-6-8-13/h4-8,11-12H,3,9-10,17H2,1-2H3. The molecule has 2 aromatic rings. The molecule has 0 aliphatic rings. The first-order chi connectivity index (χ1) is 10.0. The molecule has 0 amide bonds. The van der Waals surface area contributed by atoms with Crippen LogP contribution < -0.4 is 5.73 Å². The van der Waals surface area contributed by atoms with E-state index in [0.29, 0.717) is 19.6 Å². The predicted molar refractivity (Wildman–Crippen MR) is 81.5 cm³/mol. The highest BCUT2D eigenvalue weighted by molar-refractivity contribution is 5.79. The van der Waals surface area contributed by atoms with Crippen molar-refractivity contribution in [2.75, 3.05) is 6.61 Å². The van der Waals surface area contributed by atoms with E-state index < -0.39 is 5.54 Å². The van der Waals surface area contributed by atoms with Crippen molar-refractivity contribution in [1.82, 2.24) is 9.78 Å². The normalized spacial score (nSPS) is 13.7. The lowest BCUT2D eigenvalue weighted by atomic mass is 10.00. The minimum atomic E-state index is -0.991. The summed E-state index contributed by atoms with van der Waals surface area (Å²) in [6.45, 7) is 4.37. The number of carbonyl (C=O) groups excluding carboxylic acids is 1. The number of aryl methyl sites for hydroxylation is 1. The van der Waals surface area contributed by atoms with E-state index >= 15 is 0 Å². The van der Waals surface area contributed by atoms with Crippen molar-refractivity contribution in [2.24, 2.45) is 5.73 Å². The zero-order valence-electron chi connectivity index (χ0n) is 12.5. The van der Waals surface area contributed by atoms with Crippen LogP contribution in [0.25, 0.3) is 11.1 Å². The molecule has 112 valence electrons. The lowest BCUT2D eigenvalue weighted by molar-refractivity contribution is -0.149. The van der Waals surface area contributed by atoms with E-state index in [1.165, 1.54) is 0 Å². The SMILES string of the molecule is CCOC(=O)C(C)(N)CCn1cc(-c2ccccc2)cn1. The Kier molecular flexibility index (Phi) is 4.75. The van der Waals surface area contributed by atoms with Crippen LogP contribution in [-0.2, 0) is 16.1 Å². The van der Waals surface area contributed by atoms with E-state index in [1.807, 2.05) is 42.7 Å². The summed E-state index contributed by atoms with van der Waals surface area (Å²) in [6, 6.07) is 10.0. The third kappa shape index (κ3) is 3.92. The Bertz CT molecular complexity index is 591. The van der Waals surface area contributed by atoms with Gasteiger partial charge in [0.05, 0.1) is 12.8 Å². The third-order valence-electron chi connectivity index (χ3n) is 3.34. The minimum absolute atomic E-state index is 0.339. The maximum Gasteiger partial charge on any atom is 0.325 e. The van der Waals surface area contributed by atoms with Crippen LogP contribution >= 0.6 is 0 Å². The highest BCUT2D eigenvalue weighted by Crippen LogP contribution is 2.18. The van der Waals surface area contributed by atoms with E-state index in [9.17, 15) is 4.79 Å². The second-order valence-electron chi connectivity index (χ2n) is 5.25. The Labute approximate surface area is 124 Å². The molecule has 0 spiro atoms. The van der Waals surface area contributed by atoms with E-state index in [2.05, 4.69) is 5.10 Å². The van der Waals surface area contributed by atoms with Crippen molar-refractivity contribution in [3.63, 3.8) is 0 Å². The second-order valence-corrected chi connectivity index (χ2v) is 5.25. The second kappa shape index (κ2) is 6.54. The number of nitrogens with zero attached hydrogens (tertiary/aromatic N) is 2. The highest BCUT2D eigenvalue weighted by atomic mass is 16.5. The molecule has 1 aromatic carbocycles. The fraction of sp³-hybridized carbons (Fsp3) is 0.375. The van der Waals surface area contributed by atoms with Gasteiger partial charge in [0.15, 0.2) is 0 Å². The Hall–Kier alpha value is -2.14. The van der Waals surface area contributed by atoms with Crippen LogP contribution in [0.1, 0.15) is 20.3 Å². The fourth-order valence-electron chi connectivity index (χ4n) is 2.01. The maximum atomic E-state index is 11.7. The van der Waals surface area contributed by atoms with E-state index in [-0.39, 0.29) is 5.97 Å². The molecule has 1 aromatic heterocycles. The summed E-state index contributed by atoms with van der Waals surface area (Å²) in [7, 11) is 0. The predicted octanol–water partition coefficient (Wildman–Crippen LogP) is 2.22. The summed E-state index contributed by atoms with van der Waals surface area (Å²) in [5.74, 6) is -0.375. The van der Waals surface area contributed by atoms with Gasteiger partial charge in [-0.1, -0.05) is 30.3 Å². The van der Waals surface area contributed by atoms with E-state index in [0.717, 1.165) is 11.1 Å². The van der Waals surface area contributed by atoms with Gasteiger partial charge in [-0.15, -0.1) is 0 Å². The molecule has 0 fully saturated rings. The summed E-state index contributed by atoms with van der Waals surface area (Å²) < 4.78 is 6.77. The van der Waals surface area contributed by atoms with Crippen LogP contribution in [0.5, 0.6) is 0 Å². The lowest BCUT2D eigenvalue weighted by Gasteiger charge is -2.21. The summed E-state index contributed by atoms with van der Waals surface area (Å²) >= 11 is 0. The number of nitrogens with two attached hydrogens (primary N) is 1. The molecule has 0 radical (unpaired) electrons. The monoisotopic (exact) mass is 287 g/mol. The number of benzene rings is 1. The number of carbonyl (C=O) groups is 1. The quantitative estimate of drug-likeness (QED) is 0.827. The molecule has 2 N–H and O–H groups in total. The van der Waals surface area contributed by atoms with Crippen LogP contribution in [0.15, 0.2) is 42.7 Å². The number of rotatable bonds is 6. The van der Waals surface area contributed by atoms with Gasteiger partial charge in [0, 0.05) is 18.3 Å². The molecule has 2 rings (SSSR count). The van der Waals surface area contributed by atoms with Crippen LogP contribution in [-0.4, -0.2) is 27.9 Å². The first-order valence-electron chi connectivity index (χ1n) is 7.07. The smallest absolute Gasteiger partial charge is 0.325 e. The first-order valence-corrected chi connectivity index (χ1v) is 7.07. The summed E-state index contributed by atoms with van der Waals surface area (Å²) in [4.78, 5) is 11.7. The van der Waals surface area contributed by atoms with Gasteiger partial charge in [-0.05, 0) is 25.8 Å². The number of hydrogen-bond acceptors (Lipinski definition) is 4. The Morgan fingerprint density at radius 1 is 1.33 bits per heavy atom. The number of ether oxygens (including phenoxy) is 1. The average molecular weight is 287 g/mol. The van der Waals surface area contributed by atoms with Crippen molar-refractivity contribution in [2.45, 2.75) is 32.4 Å². The van der Waals surface area contributed by atoms with Crippen molar-refractivity contribution < 1.29 is 9.53 Å². The zero-order chi connectivity index (χ0) is 15.3. The van der Waals surface area contributed by atoms with Crippen LogP contribution in [0.2, 0.25) is 0 Å². The van der Waals surface area contributed by atoms with Gasteiger partial charge in [0.2, 0.25) is 0 Å². The molecule has 21 heavy (non-hydrogen) atoms. The maximum absolute atomic E-state index is 11.7. The molecule has 0 aliphatic heterocycles. The van der Waals surface area contributed by atoms with Gasteiger partial charge in [0.25, 0.3) is 0 Å². The summed E-state index contributed by atoms with van der Waals surface area (Å²) in [6.07, 6.45) is 4.24. The van der Waals surface area contributed by atoms with E-state index in [1.54, 1.807) is 18.5 Å². The Morgan fingerprint density at radius 2 is 2.05 bits per heavy atom. The number of aromatic nitrogens is 2. The molecule has 1 atom stereocenters. The number of esters is 1. The minimum Gasteiger partial charge on any atom is -0.465 e. The fourth-order valence-corrected chi connectivity index (χ4v) is 2.01. The lowest BCUT2D eigenvalue weighted by Crippen LogP contribution is -2.46. The van der Waals surface area contributed by atoms with E-state index in [4.69, 9.17) is 10.5 Å². The number of hydrogen-bond donors (Lipinski definition) is 1. The van der Waals surface area contributed by atoms with Crippen molar-refractivity contribution in [3.05, 3.63) is 42.7 Å². The Balaban J connectivity index is 1.99. The molecule has 0 aliphatic carbocycles. The molecule has 0 bridgehead atoms. The average Bonchev–Trinajstić information content (AvgIpc) is 2.95. The van der Waals surface area contributed by atoms with Gasteiger partial charge in [0.1, 0.15) is 5.54 Å². The van der Waals surface area contributed by atoms with Gasteiger partial charge < -0.3 is 10.5 Å². The molecule has 0 saturated carbocycles. The molecule has 1 unspecified atom stereocenters. The largest absolute Gasteiger partial charge is 0.465 e. The summed E-state index contributed by atoms with van der Waals surface area (Å²) in [5, 5.41) is 4.31. The van der Waals surface area contributed by atoms with Gasteiger partial charge in [-0.25, -0.2) is 0 Å². The molecule has 5 nitrogen and oxygen atoms in total. The first kappa shape index (κ1) is 15.3. The molecule has 5 heteroatoms. The van der Waals surface area contributed by atoms with Gasteiger partial charge in [-0.2, -0.15) is 5.10 Å². The third-order valence-corrected chi connectivity index (χ3v) is 3.34. The van der Waals surface area contributed by atoms with Crippen LogP contribution in [0, 0.1) is 0 Å². The van der Waals surface area contributed by atoms with Gasteiger partial charge in [-0.3, -0.25) is 9.48 Å². The van der Waals surface area contributed by atoms with Crippen LogP contribution in [0.3, 0.4) is 0 Å². The molecular weight excluding hydrogens is 266 g/mol. The van der Waals surface area contributed by atoms with Crippen molar-refractivity contribution in [1.29, 1.82) is 0 Å². The van der Waals surface area contributed by atoms with Gasteiger partial charge >= 0.3 is 5.97 Å². The molecule has 1 heterocycles. The van der Waals surface area contributed by atoms with Crippen molar-refractivity contribution in [3.8, 4) is 11.1 Å². The van der Waals surface area contributed by atoms with Crippen LogP contribution in [0.4, 0.5) is 0 Å². The topological polar surface area (TPSA) is 70.1 Å². The summed E-state index contributed by atoms with van der Waals surface area (Å²) in [5.41, 5.74) is 7.17. The highest BCUT2D eigenvalue weighted by Gasteiger charge is 2.29. The zero-order valence-corrected chi connectivity index (χ0v) is 12.5. The van der Waals surface area contributed by atoms with Crippen molar-refractivity contribution >= 4 is 5.97 Å².